The summed E-state index contributed by atoms with van der Waals surface area (Å²) in [5, 5.41) is 2.47. The van der Waals surface area contributed by atoms with Crippen LogP contribution in [0.4, 0.5) is 17.1 Å². The van der Waals surface area contributed by atoms with Gasteiger partial charge >= 0.3 is 0 Å². The Hall–Kier alpha value is -6.64. The van der Waals surface area contributed by atoms with Crippen LogP contribution in [0.1, 0.15) is 11.1 Å². The number of anilines is 3. The fourth-order valence-electron chi connectivity index (χ4n) is 7.56. The first-order valence-corrected chi connectivity index (χ1v) is 17.9. The van der Waals surface area contributed by atoms with Gasteiger partial charge in [0.1, 0.15) is 0 Å². The van der Waals surface area contributed by atoms with Gasteiger partial charge in [-0.3, -0.25) is 0 Å². The Balaban J connectivity index is 1.25. The number of aryl methyl sites for hydroxylation is 2. The Labute approximate surface area is 305 Å². The van der Waals surface area contributed by atoms with Crippen LogP contribution >= 0.6 is 0 Å². The molecule has 0 spiro atoms. The lowest BCUT2D eigenvalue weighted by molar-refractivity contribution is 1.17. The SMILES string of the molecule is Cc1cccc(-c2cc(C)ccc2-n2c3ccccc3c3ccc(N(c4ccc(-c5ccccc5)cc4)c4ccc(-c5ccccc5)cc4)cc32)c1. The van der Waals surface area contributed by atoms with Gasteiger partial charge in [-0.15, -0.1) is 0 Å². The standard InChI is InChI=1S/C50H38N2/c1-35-12-11-17-41(32-35)47-33-36(2)20-31-49(47)52-48-19-10-9-18-45(48)46-30-29-44(34-50(46)52)51(42-25-21-39(22-26-42)37-13-5-3-6-14-37)43-27-23-40(24-28-43)38-15-7-4-8-16-38/h3-34H,1-2H3. The van der Waals surface area contributed by atoms with Gasteiger partial charge in [0.05, 0.1) is 16.7 Å². The molecule has 2 nitrogen and oxygen atoms in total. The summed E-state index contributed by atoms with van der Waals surface area (Å²) in [7, 11) is 0. The number of hydrogen-bond acceptors (Lipinski definition) is 1. The Morgan fingerprint density at radius 2 is 0.865 bits per heavy atom. The fraction of sp³-hybridized carbons (Fsp3) is 0.0400. The first-order valence-electron chi connectivity index (χ1n) is 17.9. The molecule has 2 heteroatoms. The number of benzene rings is 8. The minimum atomic E-state index is 1.10. The van der Waals surface area contributed by atoms with E-state index in [-0.39, 0.29) is 0 Å². The number of hydrogen-bond donors (Lipinski definition) is 0. The molecule has 0 bridgehead atoms. The lowest BCUT2D eigenvalue weighted by atomic mass is 9.99. The molecule has 248 valence electrons. The third-order valence-electron chi connectivity index (χ3n) is 10.1. The summed E-state index contributed by atoms with van der Waals surface area (Å²) < 4.78 is 2.46. The van der Waals surface area contributed by atoms with E-state index in [9.17, 15) is 0 Å². The van der Waals surface area contributed by atoms with E-state index in [1.807, 2.05) is 0 Å². The lowest BCUT2D eigenvalue weighted by Gasteiger charge is -2.26. The summed E-state index contributed by atoms with van der Waals surface area (Å²) in [4.78, 5) is 2.38. The van der Waals surface area contributed by atoms with Crippen LogP contribution in [-0.2, 0) is 0 Å². The molecule has 8 aromatic carbocycles. The Kier molecular flexibility index (Phi) is 7.98. The first kappa shape index (κ1) is 31.3. The second-order valence-electron chi connectivity index (χ2n) is 13.6. The smallest absolute Gasteiger partial charge is 0.0562 e. The van der Waals surface area contributed by atoms with Crippen molar-refractivity contribution < 1.29 is 0 Å². The van der Waals surface area contributed by atoms with Crippen molar-refractivity contribution in [1.82, 2.24) is 4.57 Å². The number of para-hydroxylation sites is 1. The summed E-state index contributed by atoms with van der Waals surface area (Å²) in [6, 6.07) is 70.4. The second-order valence-corrected chi connectivity index (χ2v) is 13.6. The second kappa shape index (κ2) is 13.2. The Morgan fingerprint density at radius 3 is 1.50 bits per heavy atom. The van der Waals surface area contributed by atoms with Crippen LogP contribution < -0.4 is 4.90 Å². The van der Waals surface area contributed by atoms with Crippen molar-refractivity contribution in [1.29, 1.82) is 0 Å². The predicted molar refractivity (Wildman–Crippen MR) is 221 cm³/mol. The maximum Gasteiger partial charge on any atom is 0.0562 e. The highest BCUT2D eigenvalue weighted by Crippen LogP contribution is 2.42. The van der Waals surface area contributed by atoms with Crippen molar-refractivity contribution in [2.75, 3.05) is 4.90 Å². The van der Waals surface area contributed by atoms with Crippen LogP contribution in [-0.4, -0.2) is 4.57 Å². The summed E-state index contributed by atoms with van der Waals surface area (Å²) in [6.07, 6.45) is 0. The van der Waals surface area contributed by atoms with Crippen molar-refractivity contribution >= 4 is 38.9 Å². The summed E-state index contributed by atoms with van der Waals surface area (Å²) in [5.41, 5.74) is 16.6. The van der Waals surface area contributed by atoms with Crippen molar-refractivity contribution in [3.63, 3.8) is 0 Å². The van der Waals surface area contributed by atoms with Gasteiger partial charge in [0.15, 0.2) is 0 Å². The molecule has 0 aliphatic carbocycles. The van der Waals surface area contributed by atoms with Crippen molar-refractivity contribution in [3.05, 3.63) is 205 Å². The molecule has 0 saturated heterocycles. The topological polar surface area (TPSA) is 8.17 Å². The highest BCUT2D eigenvalue weighted by Gasteiger charge is 2.19. The van der Waals surface area contributed by atoms with Crippen LogP contribution in [0.2, 0.25) is 0 Å². The average Bonchev–Trinajstić information content (AvgIpc) is 3.53. The van der Waals surface area contributed by atoms with E-state index in [4.69, 9.17) is 0 Å². The van der Waals surface area contributed by atoms with E-state index < -0.39 is 0 Å². The molecular formula is C50H38N2. The molecule has 1 heterocycles. The molecular weight excluding hydrogens is 629 g/mol. The molecule has 0 fully saturated rings. The van der Waals surface area contributed by atoms with Gasteiger partial charge < -0.3 is 9.47 Å². The minimum Gasteiger partial charge on any atom is -0.310 e. The summed E-state index contributed by atoms with van der Waals surface area (Å²) in [5.74, 6) is 0. The largest absolute Gasteiger partial charge is 0.310 e. The molecule has 0 saturated carbocycles. The highest BCUT2D eigenvalue weighted by atomic mass is 15.1. The van der Waals surface area contributed by atoms with E-state index in [2.05, 4.69) is 217 Å². The van der Waals surface area contributed by atoms with Crippen LogP contribution in [0.3, 0.4) is 0 Å². The van der Waals surface area contributed by atoms with Crippen molar-refractivity contribution in [2.45, 2.75) is 13.8 Å². The quantitative estimate of drug-likeness (QED) is 0.164. The van der Waals surface area contributed by atoms with Crippen molar-refractivity contribution in [3.8, 4) is 39.1 Å². The Bertz CT molecular complexity index is 2590. The average molecular weight is 667 g/mol. The number of fused-ring (bicyclic) bond motifs is 3. The van der Waals surface area contributed by atoms with Crippen LogP contribution in [0.25, 0.3) is 60.9 Å². The van der Waals surface area contributed by atoms with Crippen LogP contribution in [0, 0.1) is 13.8 Å². The third-order valence-corrected chi connectivity index (χ3v) is 10.1. The molecule has 0 N–H and O–H groups in total. The minimum absolute atomic E-state index is 1.10. The van der Waals surface area contributed by atoms with Crippen LogP contribution in [0.5, 0.6) is 0 Å². The van der Waals surface area contributed by atoms with E-state index in [0.717, 1.165) is 17.1 Å². The van der Waals surface area contributed by atoms with E-state index in [0.29, 0.717) is 0 Å². The van der Waals surface area contributed by atoms with Gasteiger partial charge in [0.2, 0.25) is 0 Å². The van der Waals surface area contributed by atoms with Gasteiger partial charge in [-0.1, -0.05) is 151 Å². The van der Waals surface area contributed by atoms with E-state index in [1.165, 1.54) is 72.0 Å². The molecule has 0 aliphatic rings. The zero-order valence-electron chi connectivity index (χ0n) is 29.4. The monoisotopic (exact) mass is 666 g/mol. The van der Waals surface area contributed by atoms with Crippen LogP contribution in [0.15, 0.2) is 194 Å². The van der Waals surface area contributed by atoms with Gasteiger partial charge in [0.25, 0.3) is 0 Å². The fourth-order valence-corrected chi connectivity index (χ4v) is 7.56. The zero-order chi connectivity index (χ0) is 35.0. The molecule has 52 heavy (non-hydrogen) atoms. The van der Waals surface area contributed by atoms with Gasteiger partial charge in [0, 0.05) is 33.4 Å². The molecule has 9 aromatic rings. The first-order chi connectivity index (χ1) is 25.6. The molecule has 0 aliphatic heterocycles. The Morgan fingerprint density at radius 1 is 0.346 bits per heavy atom. The summed E-state index contributed by atoms with van der Waals surface area (Å²) in [6.45, 7) is 4.34. The molecule has 0 atom stereocenters. The van der Waals surface area contributed by atoms with Gasteiger partial charge in [-0.25, -0.2) is 0 Å². The molecule has 0 radical (unpaired) electrons. The maximum absolute atomic E-state index is 2.46. The highest BCUT2D eigenvalue weighted by molar-refractivity contribution is 6.11. The molecule has 0 unspecified atom stereocenters. The van der Waals surface area contributed by atoms with Crippen molar-refractivity contribution in [2.24, 2.45) is 0 Å². The predicted octanol–water partition coefficient (Wildman–Crippen LogP) is 13.9. The number of nitrogens with zero attached hydrogens (tertiary/aromatic N) is 2. The number of aromatic nitrogens is 1. The van der Waals surface area contributed by atoms with Gasteiger partial charge in [-0.05, 0) is 96.3 Å². The normalized spacial score (nSPS) is 11.3. The zero-order valence-corrected chi connectivity index (χ0v) is 29.4. The number of rotatable bonds is 7. The third kappa shape index (κ3) is 5.75. The van der Waals surface area contributed by atoms with E-state index >= 15 is 0 Å². The van der Waals surface area contributed by atoms with Gasteiger partial charge in [-0.2, -0.15) is 0 Å². The maximum atomic E-state index is 2.46. The molecule has 1 aromatic heterocycles. The molecule has 9 rings (SSSR count). The van der Waals surface area contributed by atoms with E-state index in [1.54, 1.807) is 0 Å². The summed E-state index contributed by atoms with van der Waals surface area (Å²) >= 11 is 0. The lowest BCUT2D eigenvalue weighted by Crippen LogP contribution is -2.10. The molecule has 0 amide bonds.